The summed E-state index contributed by atoms with van der Waals surface area (Å²) in [4.78, 5) is 11.9. The summed E-state index contributed by atoms with van der Waals surface area (Å²) < 4.78 is 6.81. The van der Waals surface area contributed by atoms with Gasteiger partial charge in [-0.1, -0.05) is 0 Å². The molecule has 0 radical (unpaired) electrons. The molecular formula is C11H15N5O5. The zero-order valence-electron chi connectivity index (χ0n) is 10.8. The number of nitrogens with zero attached hydrogens (tertiary/aromatic N) is 4. The largest absolute Gasteiger partial charge is 0.394 e. The van der Waals surface area contributed by atoms with Crippen LogP contribution >= 0.6 is 0 Å². The lowest BCUT2D eigenvalue weighted by Crippen LogP contribution is -2.56. The van der Waals surface area contributed by atoms with E-state index in [9.17, 15) is 20.4 Å². The molecule has 0 bridgehead atoms. The van der Waals surface area contributed by atoms with E-state index in [1.54, 1.807) is 0 Å². The van der Waals surface area contributed by atoms with Crippen LogP contribution in [0.15, 0.2) is 12.7 Å². The topological polar surface area (TPSA) is 160 Å². The van der Waals surface area contributed by atoms with Crippen molar-refractivity contribution in [1.82, 2.24) is 19.5 Å². The van der Waals surface area contributed by atoms with Gasteiger partial charge in [0, 0.05) is 0 Å². The molecule has 1 aliphatic heterocycles. The van der Waals surface area contributed by atoms with E-state index in [0.717, 1.165) is 0 Å². The summed E-state index contributed by atoms with van der Waals surface area (Å²) in [7, 11) is 0. The van der Waals surface area contributed by atoms with Gasteiger partial charge in [0.2, 0.25) is 0 Å². The minimum absolute atomic E-state index is 0.170. The van der Waals surface area contributed by atoms with E-state index in [0.29, 0.717) is 11.2 Å². The van der Waals surface area contributed by atoms with E-state index < -0.39 is 37.3 Å². The van der Waals surface area contributed by atoms with E-state index in [-0.39, 0.29) is 5.82 Å². The second-order valence-electron chi connectivity index (χ2n) is 4.80. The number of anilines is 1. The predicted octanol–water partition coefficient (Wildman–Crippen LogP) is -2.62. The molecule has 0 saturated carbocycles. The molecular weight excluding hydrogens is 282 g/mol. The van der Waals surface area contributed by atoms with Gasteiger partial charge in [-0.3, -0.25) is 4.57 Å². The van der Waals surface area contributed by atoms with Crippen molar-refractivity contribution in [3.8, 4) is 0 Å². The Bertz CT molecular complexity index is 647. The van der Waals surface area contributed by atoms with Gasteiger partial charge in [-0.2, -0.15) is 0 Å². The summed E-state index contributed by atoms with van der Waals surface area (Å²) >= 11 is 0. The fourth-order valence-corrected chi connectivity index (χ4v) is 2.37. The maximum absolute atomic E-state index is 10.1. The molecule has 3 heterocycles. The average molecular weight is 297 g/mol. The van der Waals surface area contributed by atoms with Gasteiger partial charge in [0.1, 0.15) is 36.3 Å². The lowest BCUT2D eigenvalue weighted by molar-refractivity contribution is -0.250. The van der Waals surface area contributed by atoms with Crippen LogP contribution in [0.1, 0.15) is 6.23 Å². The fraction of sp³-hybridized carbons (Fsp3) is 0.545. The van der Waals surface area contributed by atoms with Gasteiger partial charge < -0.3 is 30.9 Å². The highest BCUT2D eigenvalue weighted by molar-refractivity contribution is 5.81. The van der Waals surface area contributed by atoms with Crippen LogP contribution in [0.3, 0.4) is 0 Å². The Hall–Kier alpha value is -1.85. The summed E-state index contributed by atoms with van der Waals surface area (Å²) in [5.41, 5.74) is 6.32. The maximum atomic E-state index is 10.1. The van der Waals surface area contributed by atoms with Crippen molar-refractivity contribution in [3.05, 3.63) is 12.7 Å². The highest BCUT2D eigenvalue weighted by Crippen LogP contribution is 2.30. The molecule has 0 aromatic carbocycles. The van der Waals surface area contributed by atoms with Crippen molar-refractivity contribution in [2.75, 3.05) is 12.3 Å². The van der Waals surface area contributed by atoms with Crippen LogP contribution in [0, 0.1) is 0 Å². The van der Waals surface area contributed by atoms with Gasteiger partial charge in [0.15, 0.2) is 17.7 Å². The van der Waals surface area contributed by atoms with Crippen LogP contribution in [0.4, 0.5) is 5.82 Å². The fourth-order valence-electron chi connectivity index (χ4n) is 2.37. The normalized spacial score (nSPS) is 33.4. The Morgan fingerprint density at radius 3 is 2.62 bits per heavy atom. The average Bonchev–Trinajstić information content (AvgIpc) is 2.91. The van der Waals surface area contributed by atoms with Crippen molar-refractivity contribution in [1.29, 1.82) is 0 Å². The third-order valence-electron chi connectivity index (χ3n) is 3.53. The molecule has 5 atom stereocenters. The second-order valence-corrected chi connectivity index (χ2v) is 4.80. The van der Waals surface area contributed by atoms with Gasteiger partial charge in [0.05, 0.1) is 12.9 Å². The quantitative estimate of drug-likeness (QED) is 0.400. The highest BCUT2D eigenvalue weighted by Gasteiger charge is 2.44. The first-order chi connectivity index (χ1) is 10.0. The van der Waals surface area contributed by atoms with Crippen molar-refractivity contribution in [2.24, 2.45) is 0 Å². The van der Waals surface area contributed by atoms with Crippen LogP contribution in [0.5, 0.6) is 0 Å². The molecule has 10 nitrogen and oxygen atoms in total. The number of hydrogen-bond donors (Lipinski definition) is 5. The van der Waals surface area contributed by atoms with Crippen LogP contribution in [0.2, 0.25) is 0 Å². The Morgan fingerprint density at radius 1 is 1.14 bits per heavy atom. The number of imidazole rings is 1. The van der Waals surface area contributed by atoms with E-state index in [1.807, 2.05) is 0 Å². The predicted molar refractivity (Wildman–Crippen MR) is 68.8 cm³/mol. The minimum atomic E-state index is -1.47. The van der Waals surface area contributed by atoms with Crippen molar-refractivity contribution >= 4 is 17.0 Å². The van der Waals surface area contributed by atoms with Gasteiger partial charge in [-0.15, -0.1) is 0 Å². The summed E-state index contributed by atoms with van der Waals surface area (Å²) in [6.45, 7) is -0.509. The number of aromatic nitrogens is 4. The molecule has 1 aliphatic rings. The highest BCUT2D eigenvalue weighted by atomic mass is 16.6. The van der Waals surface area contributed by atoms with Gasteiger partial charge in [0.25, 0.3) is 0 Å². The maximum Gasteiger partial charge on any atom is 0.167 e. The Balaban J connectivity index is 2.03. The molecule has 0 unspecified atom stereocenters. The molecule has 1 fully saturated rings. The van der Waals surface area contributed by atoms with Gasteiger partial charge in [-0.05, 0) is 0 Å². The smallest absolute Gasteiger partial charge is 0.167 e. The van der Waals surface area contributed by atoms with E-state index in [4.69, 9.17) is 10.5 Å². The first-order valence-corrected chi connectivity index (χ1v) is 6.28. The molecule has 0 aliphatic carbocycles. The number of nitrogen functional groups attached to an aromatic ring is 1. The number of hydrogen-bond acceptors (Lipinski definition) is 9. The number of nitrogens with two attached hydrogens (primary N) is 1. The number of ether oxygens (including phenoxy) is 1. The SMILES string of the molecule is Nc1ncnc2c1ncn2[C@@H]1O[C@H](CO)[C@@H](O)[C@@H](O)[C@H]1O. The molecule has 114 valence electrons. The number of fused-ring (bicyclic) bond motifs is 1. The zero-order valence-corrected chi connectivity index (χ0v) is 10.8. The van der Waals surface area contributed by atoms with Crippen molar-refractivity contribution in [3.63, 3.8) is 0 Å². The minimum Gasteiger partial charge on any atom is -0.394 e. The zero-order chi connectivity index (χ0) is 15.1. The Labute approximate surface area is 118 Å². The molecule has 21 heavy (non-hydrogen) atoms. The molecule has 6 N–H and O–H groups in total. The summed E-state index contributed by atoms with van der Waals surface area (Å²) in [6, 6.07) is 0. The Kier molecular flexibility index (Phi) is 3.47. The first-order valence-electron chi connectivity index (χ1n) is 6.28. The van der Waals surface area contributed by atoms with E-state index in [2.05, 4.69) is 15.0 Å². The lowest BCUT2D eigenvalue weighted by atomic mass is 9.98. The molecule has 2 aromatic heterocycles. The van der Waals surface area contributed by atoms with Crippen LogP contribution < -0.4 is 5.73 Å². The molecule has 0 amide bonds. The van der Waals surface area contributed by atoms with Crippen LogP contribution in [-0.2, 0) is 4.74 Å². The third kappa shape index (κ3) is 2.13. The summed E-state index contributed by atoms with van der Waals surface area (Å²) in [6.07, 6.45) is -3.82. The number of aliphatic hydroxyl groups excluding tert-OH is 4. The first kappa shape index (κ1) is 14.1. The van der Waals surface area contributed by atoms with Gasteiger partial charge in [-0.25, -0.2) is 15.0 Å². The number of rotatable bonds is 2. The van der Waals surface area contributed by atoms with Gasteiger partial charge >= 0.3 is 0 Å². The molecule has 3 rings (SSSR count). The van der Waals surface area contributed by atoms with Crippen LogP contribution in [0.25, 0.3) is 11.2 Å². The summed E-state index contributed by atoms with van der Waals surface area (Å²) in [5.74, 6) is 0.170. The molecule has 10 heteroatoms. The van der Waals surface area contributed by atoms with Crippen LogP contribution in [-0.4, -0.2) is 71.0 Å². The molecule has 0 spiro atoms. The molecule has 1 saturated heterocycles. The van der Waals surface area contributed by atoms with E-state index in [1.165, 1.54) is 17.2 Å². The van der Waals surface area contributed by atoms with E-state index >= 15 is 0 Å². The summed E-state index contributed by atoms with van der Waals surface area (Å²) in [5, 5.41) is 38.8. The van der Waals surface area contributed by atoms with Crippen molar-refractivity contribution in [2.45, 2.75) is 30.6 Å². The third-order valence-corrected chi connectivity index (χ3v) is 3.53. The Morgan fingerprint density at radius 2 is 1.90 bits per heavy atom. The molecule has 2 aromatic rings. The monoisotopic (exact) mass is 297 g/mol. The number of aliphatic hydroxyl groups is 4. The van der Waals surface area contributed by atoms with Crippen molar-refractivity contribution < 1.29 is 25.2 Å². The second kappa shape index (κ2) is 5.16. The standard InChI is InChI=1S/C11H15N5O5/c12-9-5-10(14-2-13-9)16(3-15-5)11-8(20)7(19)6(18)4(1-17)21-11/h2-4,6-8,11,17-20H,1H2,(H2,12,13,14)/t4-,6-,7-,8-,11-/m1/s1. The lowest BCUT2D eigenvalue weighted by Gasteiger charge is -2.40.